The molecule has 2 saturated carbocycles. The topological polar surface area (TPSA) is 155 Å². The summed E-state index contributed by atoms with van der Waals surface area (Å²) in [6.45, 7) is 1.91. The molecule has 3 aromatic rings. The molecule has 0 saturated heterocycles. The van der Waals surface area contributed by atoms with Crippen molar-refractivity contribution in [2.45, 2.75) is 76.5 Å². The average molecular weight is 557 g/mol. The SMILES string of the molecule is C[C@]1(C(N)=O)CC[C@@H](n2c(Nc3c(Cl)cc(C#N)cc3Cl)nc3cnc(N[C@@H]4CCC[C@H](O)C4)nc32)CC1. The van der Waals surface area contributed by atoms with Gasteiger partial charge in [-0.3, -0.25) is 9.36 Å². The van der Waals surface area contributed by atoms with Crippen molar-refractivity contribution in [3.63, 3.8) is 0 Å². The van der Waals surface area contributed by atoms with Gasteiger partial charge in [0, 0.05) is 17.5 Å². The third-order valence-electron chi connectivity index (χ3n) is 7.84. The number of amides is 1. The molecule has 2 heterocycles. The van der Waals surface area contributed by atoms with E-state index >= 15 is 0 Å². The van der Waals surface area contributed by atoms with Crippen LogP contribution < -0.4 is 16.4 Å². The lowest BCUT2D eigenvalue weighted by molar-refractivity contribution is -0.128. The molecule has 10 nitrogen and oxygen atoms in total. The van der Waals surface area contributed by atoms with E-state index in [4.69, 9.17) is 38.9 Å². The lowest BCUT2D eigenvalue weighted by atomic mass is 9.73. The Bertz CT molecular complexity index is 1390. The second-order valence-electron chi connectivity index (χ2n) is 10.6. The Labute approximate surface area is 230 Å². The van der Waals surface area contributed by atoms with E-state index in [1.807, 2.05) is 17.6 Å². The molecule has 2 aliphatic rings. The zero-order valence-corrected chi connectivity index (χ0v) is 22.6. The fourth-order valence-electron chi connectivity index (χ4n) is 5.49. The van der Waals surface area contributed by atoms with Crippen molar-refractivity contribution in [1.82, 2.24) is 19.5 Å². The quantitative estimate of drug-likeness (QED) is 0.328. The number of nitriles is 1. The zero-order valence-electron chi connectivity index (χ0n) is 21.0. The minimum Gasteiger partial charge on any atom is -0.393 e. The molecule has 38 heavy (non-hydrogen) atoms. The van der Waals surface area contributed by atoms with Gasteiger partial charge in [0.05, 0.1) is 39.7 Å². The van der Waals surface area contributed by atoms with Crippen LogP contribution in [0.5, 0.6) is 0 Å². The van der Waals surface area contributed by atoms with Crippen LogP contribution in [0.2, 0.25) is 10.0 Å². The standard InChI is InChI=1S/C26H30Cl2N8O2/c1-26(23(30)38)7-5-16(6-8-26)36-22-20(13-31-24(35-22)32-15-3-2-4-17(37)11-15)33-25(36)34-21-18(27)9-14(12-29)10-19(21)28/h9-10,13,15-17,37H,2-8,11H2,1H3,(H2,30,38)(H,33,34)(H,31,32,35)/t15-,16-,17+,26+/m1/s1. The minimum atomic E-state index is -0.552. The van der Waals surface area contributed by atoms with Crippen molar-refractivity contribution in [1.29, 1.82) is 5.26 Å². The molecule has 1 aromatic carbocycles. The molecule has 12 heteroatoms. The molecule has 0 aliphatic heterocycles. The number of nitrogens with two attached hydrogens (primary N) is 1. The summed E-state index contributed by atoms with van der Waals surface area (Å²) in [5.74, 6) is 0.668. The number of fused-ring (bicyclic) bond motifs is 1. The van der Waals surface area contributed by atoms with Crippen LogP contribution in [0, 0.1) is 16.7 Å². The smallest absolute Gasteiger partial charge is 0.224 e. The second kappa shape index (κ2) is 10.6. The molecule has 0 radical (unpaired) electrons. The summed E-state index contributed by atoms with van der Waals surface area (Å²) in [5, 5.41) is 26.5. The van der Waals surface area contributed by atoms with Crippen LogP contribution in [0.3, 0.4) is 0 Å². The summed E-state index contributed by atoms with van der Waals surface area (Å²) in [6, 6.07) is 5.22. The van der Waals surface area contributed by atoms with Gasteiger partial charge in [0.2, 0.25) is 17.8 Å². The number of nitrogens with one attached hydrogen (secondary N) is 2. The molecule has 2 fully saturated rings. The van der Waals surface area contributed by atoms with Gasteiger partial charge in [0.1, 0.15) is 5.52 Å². The number of aliphatic hydroxyl groups excluding tert-OH is 1. The van der Waals surface area contributed by atoms with Crippen molar-refractivity contribution >= 4 is 57.9 Å². The van der Waals surface area contributed by atoms with Crippen LogP contribution in [0.4, 0.5) is 17.6 Å². The predicted octanol–water partition coefficient (Wildman–Crippen LogP) is 5.07. The number of nitrogens with zero attached hydrogens (tertiary/aromatic N) is 5. The van der Waals surface area contributed by atoms with Gasteiger partial charge < -0.3 is 21.5 Å². The highest BCUT2D eigenvalue weighted by Crippen LogP contribution is 2.43. The van der Waals surface area contributed by atoms with Gasteiger partial charge in [0.25, 0.3) is 0 Å². The molecule has 0 unspecified atom stereocenters. The number of halogens is 2. The lowest BCUT2D eigenvalue weighted by Gasteiger charge is -2.35. The maximum absolute atomic E-state index is 12.1. The molecular formula is C26H30Cl2N8O2. The molecule has 1 amide bonds. The second-order valence-corrected chi connectivity index (χ2v) is 11.4. The highest BCUT2D eigenvalue weighted by Gasteiger charge is 2.38. The summed E-state index contributed by atoms with van der Waals surface area (Å²) >= 11 is 12.9. The van der Waals surface area contributed by atoms with E-state index < -0.39 is 5.41 Å². The number of imidazole rings is 1. The van der Waals surface area contributed by atoms with Crippen LogP contribution >= 0.6 is 23.2 Å². The Kier molecular flexibility index (Phi) is 7.36. The van der Waals surface area contributed by atoms with Crippen LogP contribution in [-0.4, -0.2) is 42.7 Å². The fourth-order valence-corrected chi connectivity index (χ4v) is 6.07. The normalized spacial score (nSPS) is 25.6. The number of hydrogen-bond acceptors (Lipinski definition) is 8. The Morgan fingerprint density at radius 2 is 1.92 bits per heavy atom. The molecule has 2 atom stereocenters. The van der Waals surface area contributed by atoms with Gasteiger partial charge in [-0.15, -0.1) is 0 Å². The lowest BCUT2D eigenvalue weighted by Crippen LogP contribution is -2.38. The van der Waals surface area contributed by atoms with E-state index in [-0.39, 0.29) is 24.1 Å². The van der Waals surface area contributed by atoms with Crippen LogP contribution in [0.1, 0.15) is 69.9 Å². The van der Waals surface area contributed by atoms with Gasteiger partial charge >= 0.3 is 0 Å². The Morgan fingerprint density at radius 1 is 1.21 bits per heavy atom. The van der Waals surface area contributed by atoms with Gasteiger partial charge in [-0.1, -0.05) is 30.1 Å². The predicted molar refractivity (Wildman–Crippen MR) is 146 cm³/mol. The molecule has 2 aliphatic carbocycles. The van der Waals surface area contributed by atoms with Crippen molar-refractivity contribution in [3.05, 3.63) is 33.9 Å². The van der Waals surface area contributed by atoms with E-state index in [9.17, 15) is 15.2 Å². The largest absolute Gasteiger partial charge is 0.393 e. The van der Waals surface area contributed by atoms with E-state index in [1.54, 1.807) is 18.3 Å². The van der Waals surface area contributed by atoms with Crippen molar-refractivity contribution in [2.24, 2.45) is 11.1 Å². The summed E-state index contributed by atoms with van der Waals surface area (Å²) in [6.07, 6.45) is 7.38. The Balaban J connectivity index is 1.53. The highest BCUT2D eigenvalue weighted by molar-refractivity contribution is 6.39. The van der Waals surface area contributed by atoms with Crippen LogP contribution in [0.15, 0.2) is 18.3 Å². The molecule has 5 rings (SSSR count). The molecule has 0 bridgehead atoms. The molecule has 0 spiro atoms. The molecule has 2 aromatic heterocycles. The Morgan fingerprint density at radius 3 is 2.55 bits per heavy atom. The molecule has 5 N–H and O–H groups in total. The monoisotopic (exact) mass is 556 g/mol. The summed E-state index contributed by atoms with van der Waals surface area (Å²) in [4.78, 5) is 26.1. The average Bonchev–Trinajstić information content (AvgIpc) is 3.23. The molecular weight excluding hydrogens is 527 g/mol. The number of carbonyl (C=O) groups is 1. The van der Waals surface area contributed by atoms with Crippen LogP contribution in [-0.2, 0) is 4.79 Å². The number of aromatic nitrogens is 4. The first-order valence-electron chi connectivity index (χ1n) is 12.8. The third kappa shape index (κ3) is 5.23. The van der Waals surface area contributed by atoms with Crippen molar-refractivity contribution in [2.75, 3.05) is 10.6 Å². The number of benzene rings is 1. The minimum absolute atomic E-state index is 0.00916. The van der Waals surface area contributed by atoms with Crippen LogP contribution in [0.25, 0.3) is 11.2 Å². The first kappa shape index (κ1) is 26.5. The first-order chi connectivity index (χ1) is 18.2. The maximum Gasteiger partial charge on any atom is 0.224 e. The summed E-state index contributed by atoms with van der Waals surface area (Å²) in [7, 11) is 0. The number of aliphatic hydroxyl groups is 1. The number of rotatable bonds is 6. The van der Waals surface area contributed by atoms with Crippen molar-refractivity contribution in [3.8, 4) is 6.07 Å². The fraction of sp³-hybridized carbons (Fsp3) is 0.500. The van der Waals surface area contributed by atoms with E-state index in [0.29, 0.717) is 76.5 Å². The molecule has 200 valence electrons. The Hall–Kier alpha value is -3.13. The van der Waals surface area contributed by atoms with E-state index in [2.05, 4.69) is 15.6 Å². The number of hydrogen-bond donors (Lipinski definition) is 4. The van der Waals surface area contributed by atoms with Gasteiger partial charge in [-0.2, -0.15) is 10.2 Å². The van der Waals surface area contributed by atoms with Gasteiger partial charge in [-0.05, 0) is 63.5 Å². The summed E-state index contributed by atoms with van der Waals surface area (Å²) in [5.41, 5.74) is 7.15. The van der Waals surface area contributed by atoms with Gasteiger partial charge in [-0.25, -0.2) is 9.97 Å². The first-order valence-corrected chi connectivity index (χ1v) is 13.6. The zero-order chi connectivity index (χ0) is 27.0. The van der Waals surface area contributed by atoms with E-state index in [1.165, 1.54) is 0 Å². The van der Waals surface area contributed by atoms with E-state index in [0.717, 1.165) is 19.3 Å². The summed E-state index contributed by atoms with van der Waals surface area (Å²) < 4.78 is 2.02. The van der Waals surface area contributed by atoms with Gasteiger partial charge in [0.15, 0.2) is 5.65 Å². The maximum atomic E-state index is 12.1. The van der Waals surface area contributed by atoms with Crippen molar-refractivity contribution < 1.29 is 9.90 Å². The highest BCUT2D eigenvalue weighted by atomic mass is 35.5. The number of primary amides is 1. The number of carbonyl (C=O) groups excluding carboxylic acids is 1. The third-order valence-corrected chi connectivity index (χ3v) is 8.44. The number of anilines is 3.